The Hall–Kier alpha value is -2.37. The molecule has 0 saturated carbocycles. The fourth-order valence-corrected chi connectivity index (χ4v) is 3.16. The van der Waals surface area contributed by atoms with Crippen LogP contribution in [-0.2, 0) is 0 Å². The van der Waals surface area contributed by atoms with Crippen LogP contribution in [0.25, 0.3) is 0 Å². The van der Waals surface area contributed by atoms with E-state index in [2.05, 4.69) is 42.5 Å². The van der Waals surface area contributed by atoms with Crippen molar-refractivity contribution in [2.45, 2.75) is 0 Å². The monoisotopic (exact) mass is 437 g/mol. The minimum atomic E-state index is -1.15. The van der Waals surface area contributed by atoms with E-state index in [1.807, 2.05) is 6.07 Å². The standard InChI is InChI=1S/C15H9Br2N3O3/c16-9-5-8(7-18)13(11(17)6-9)20-15(23)19-12-4-2-1-3-10(12)14(21)22/h1-6H,(H,21,22)(H2,19,20,23). The van der Waals surface area contributed by atoms with Crippen LogP contribution in [0.1, 0.15) is 15.9 Å². The maximum atomic E-state index is 12.1. The second kappa shape index (κ2) is 7.26. The Labute approximate surface area is 148 Å². The summed E-state index contributed by atoms with van der Waals surface area (Å²) in [6.45, 7) is 0. The molecular weight excluding hydrogens is 430 g/mol. The summed E-state index contributed by atoms with van der Waals surface area (Å²) in [7, 11) is 0. The molecule has 0 aliphatic rings. The van der Waals surface area contributed by atoms with Gasteiger partial charge in [0.15, 0.2) is 0 Å². The number of urea groups is 1. The number of halogens is 2. The van der Waals surface area contributed by atoms with Gasteiger partial charge >= 0.3 is 12.0 Å². The van der Waals surface area contributed by atoms with Crippen LogP contribution in [0.5, 0.6) is 0 Å². The zero-order chi connectivity index (χ0) is 17.0. The number of para-hydroxylation sites is 1. The van der Waals surface area contributed by atoms with Crippen LogP contribution in [0, 0.1) is 11.3 Å². The van der Waals surface area contributed by atoms with Gasteiger partial charge in [0.25, 0.3) is 0 Å². The van der Waals surface area contributed by atoms with Crippen LogP contribution in [0.2, 0.25) is 0 Å². The highest BCUT2D eigenvalue weighted by Gasteiger charge is 2.15. The van der Waals surface area contributed by atoms with Crippen molar-refractivity contribution in [3.63, 3.8) is 0 Å². The van der Waals surface area contributed by atoms with Crippen molar-refractivity contribution in [2.75, 3.05) is 10.6 Å². The van der Waals surface area contributed by atoms with Crippen LogP contribution in [0.3, 0.4) is 0 Å². The van der Waals surface area contributed by atoms with Crippen LogP contribution in [-0.4, -0.2) is 17.1 Å². The first-order valence-electron chi connectivity index (χ1n) is 6.22. The van der Waals surface area contributed by atoms with Gasteiger partial charge in [-0.05, 0) is 40.2 Å². The lowest BCUT2D eigenvalue weighted by atomic mass is 10.2. The smallest absolute Gasteiger partial charge is 0.337 e. The Morgan fingerprint density at radius 3 is 2.48 bits per heavy atom. The van der Waals surface area contributed by atoms with Gasteiger partial charge in [-0.2, -0.15) is 5.26 Å². The molecule has 3 N–H and O–H groups in total. The van der Waals surface area contributed by atoms with Gasteiger partial charge in [0.1, 0.15) is 6.07 Å². The summed E-state index contributed by atoms with van der Waals surface area (Å²) in [5, 5.41) is 23.2. The van der Waals surface area contributed by atoms with Gasteiger partial charge in [0, 0.05) is 8.95 Å². The number of carboxylic acid groups (broad SMARTS) is 1. The molecule has 0 unspecified atom stereocenters. The topological polar surface area (TPSA) is 102 Å². The first-order valence-corrected chi connectivity index (χ1v) is 7.80. The molecule has 0 aliphatic heterocycles. The summed E-state index contributed by atoms with van der Waals surface area (Å²) in [4.78, 5) is 23.2. The highest BCUT2D eigenvalue weighted by Crippen LogP contribution is 2.30. The SMILES string of the molecule is N#Cc1cc(Br)cc(Br)c1NC(=O)Nc1ccccc1C(=O)O. The highest BCUT2D eigenvalue weighted by molar-refractivity contribution is 9.11. The molecule has 0 spiro atoms. The lowest BCUT2D eigenvalue weighted by Gasteiger charge is -2.12. The molecule has 0 radical (unpaired) electrons. The molecular formula is C15H9Br2N3O3. The summed E-state index contributed by atoms with van der Waals surface area (Å²) >= 11 is 6.53. The summed E-state index contributed by atoms with van der Waals surface area (Å²) < 4.78 is 1.20. The number of aromatic carboxylic acids is 1. The summed E-state index contributed by atoms with van der Waals surface area (Å²) in [5.41, 5.74) is 0.677. The van der Waals surface area contributed by atoms with Gasteiger partial charge in [-0.25, -0.2) is 9.59 Å². The van der Waals surface area contributed by atoms with Gasteiger partial charge in [0.2, 0.25) is 0 Å². The van der Waals surface area contributed by atoms with Gasteiger partial charge in [0.05, 0.1) is 22.5 Å². The number of rotatable bonds is 3. The first kappa shape index (κ1) is 17.0. The Balaban J connectivity index is 2.25. The molecule has 2 amide bonds. The molecule has 0 atom stereocenters. The molecule has 2 aromatic rings. The van der Waals surface area contributed by atoms with Crippen molar-refractivity contribution >= 4 is 55.2 Å². The van der Waals surface area contributed by atoms with E-state index in [0.717, 1.165) is 0 Å². The van der Waals surface area contributed by atoms with Crippen molar-refractivity contribution < 1.29 is 14.7 Å². The molecule has 0 aromatic heterocycles. The number of carbonyl (C=O) groups excluding carboxylic acids is 1. The molecule has 6 nitrogen and oxygen atoms in total. The number of benzene rings is 2. The molecule has 0 heterocycles. The van der Waals surface area contributed by atoms with E-state index in [-0.39, 0.29) is 16.8 Å². The van der Waals surface area contributed by atoms with E-state index in [1.165, 1.54) is 12.1 Å². The molecule has 0 saturated heterocycles. The number of carboxylic acids is 1. The molecule has 2 rings (SSSR count). The second-order valence-electron chi connectivity index (χ2n) is 4.35. The van der Waals surface area contributed by atoms with Crippen LogP contribution < -0.4 is 10.6 Å². The fraction of sp³-hybridized carbons (Fsp3) is 0. The van der Waals surface area contributed by atoms with Crippen molar-refractivity contribution in [1.82, 2.24) is 0 Å². The first-order chi connectivity index (χ1) is 10.9. The van der Waals surface area contributed by atoms with Crippen molar-refractivity contribution in [3.8, 4) is 6.07 Å². The van der Waals surface area contributed by atoms with E-state index in [1.54, 1.807) is 24.3 Å². The van der Waals surface area contributed by atoms with E-state index in [0.29, 0.717) is 14.6 Å². The predicted octanol–water partition coefficient (Wildman–Crippen LogP) is 4.43. The summed E-state index contributed by atoms with van der Waals surface area (Å²) in [6.07, 6.45) is 0. The van der Waals surface area contributed by atoms with Gasteiger partial charge in [-0.1, -0.05) is 28.1 Å². The van der Waals surface area contributed by atoms with E-state index in [9.17, 15) is 9.59 Å². The zero-order valence-corrected chi connectivity index (χ0v) is 14.6. The zero-order valence-electron chi connectivity index (χ0n) is 11.4. The molecule has 8 heteroatoms. The predicted molar refractivity (Wildman–Crippen MR) is 92.6 cm³/mol. The molecule has 0 aliphatic carbocycles. The third-order valence-electron chi connectivity index (χ3n) is 2.82. The van der Waals surface area contributed by atoms with Crippen LogP contribution >= 0.6 is 31.9 Å². The fourth-order valence-electron chi connectivity index (χ4n) is 1.83. The van der Waals surface area contributed by atoms with Gasteiger partial charge in [-0.15, -0.1) is 0 Å². The minimum Gasteiger partial charge on any atom is -0.478 e. The third kappa shape index (κ3) is 4.09. The Morgan fingerprint density at radius 2 is 1.83 bits per heavy atom. The average Bonchev–Trinajstić information content (AvgIpc) is 2.50. The lowest BCUT2D eigenvalue weighted by molar-refractivity contribution is 0.0698. The molecule has 116 valence electrons. The van der Waals surface area contributed by atoms with E-state index < -0.39 is 12.0 Å². The number of carbonyl (C=O) groups is 2. The molecule has 0 bridgehead atoms. The largest absolute Gasteiger partial charge is 0.478 e. The number of hydrogen-bond donors (Lipinski definition) is 3. The van der Waals surface area contributed by atoms with E-state index >= 15 is 0 Å². The maximum Gasteiger partial charge on any atom is 0.337 e. The molecule has 23 heavy (non-hydrogen) atoms. The molecule has 2 aromatic carbocycles. The summed E-state index contributed by atoms with van der Waals surface area (Å²) in [5.74, 6) is -1.15. The maximum absolute atomic E-state index is 12.1. The van der Waals surface area contributed by atoms with Crippen LogP contribution in [0.4, 0.5) is 16.2 Å². The highest BCUT2D eigenvalue weighted by atomic mass is 79.9. The summed E-state index contributed by atoms with van der Waals surface area (Å²) in [6, 6.07) is 10.6. The van der Waals surface area contributed by atoms with Crippen molar-refractivity contribution in [1.29, 1.82) is 5.26 Å². The lowest BCUT2D eigenvalue weighted by Crippen LogP contribution is -2.21. The van der Waals surface area contributed by atoms with Crippen molar-refractivity contribution in [2.24, 2.45) is 0 Å². The Morgan fingerprint density at radius 1 is 1.13 bits per heavy atom. The third-order valence-corrected chi connectivity index (χ3v) is 3.90. The number of nitriles is 1. The Bertz CT molecular complexity index is 831. The number of hydrogen-bond acceptors (Lipinski definition) is 3. The normalized spacial score (nSPS) is 9.78. The van der Waals surface area contributed by atoms with E-state index in [4.69, 9.17) is 10.4 Å². The Kier molecular flexibility index (Phi) is 5.36. The van der Waals surface area contributed by atoms with Gasteiger partial charge in [-0.3, -0.25) is 0 Å². The number of nitrogens with one attached hydrogen (secondary N) is 2. The quantitative estimate of drug-likeness (QED) is 0.659. The molecule has 0 fully saturated rings. The number of amides is 2. The second-order valence-corrected chi connectivity index (χ2v) is 6.12. The number of nitrogens with zero attached hydrogens (tertiary/aromatic N) is 1. The number of anilines is 2. The van der Waals surface area contributed by atoms with Crippen LogP contribution in [0.15, 0.2) is 45.3 Å². The van der Waals surface area contributed by atoms with Gasteiger partial charge < -0.3 is 15.7 Å². The average molecular weight is 439 g/mol. The minimum absolute atomic E-state index is 0.0296. The van der Waals surface area contributed by atoms with Crippen molar-refractivity contribution in [3.05, 3.63) is 56.5 Å².